The van der Waals surface area contributed by atoms with Crippen LogP contribution in [0.4, 0.5) is 0 Å². The monoisotopic (exact) mass is 382 g/mol. The SMILES string of the molecule is Cc1cc(C(=O)Cn2ncc(Cl)c(Cl)c2=O)c(C)n1-c1nccs1. The predicted molar refractivity (Wildman–Crippen MR) is 93.8 cm³/mol. The Morgan fingerprint density at radius 3 is 2.75 bits per heavy atom. The Labute approximate surface area is 151 Å². The molecule has 6 nitrogen and oxygen atoms in total. The van der Waals surface area contributed by atoms with Crippen molar-refractivity contribution in [2.45, 2.75) is 20.4 Å². The van der Waals surface area contributed by atoms with Gasteiger partial charge in [0.1, 0.15) is 11.6 Å². The number of halogens is 2. The minimum Gasteiger partial charge on any atom is -0.294 e. The van der Waals surface area contributed by atoms with E-state index in [2.05, 4.69) is 10.1 Å². The van der Waals surface area contributed by atoms with E-state index in [1.807, 2.05) is 23.8 Å². The highest BCUT2D eigenvalue weighted by atomic mass is 35.5. The lowest BCUT2D eigenvalue weighted by molar-refractivity contribution is 0.0965. The summed E-state index contributed by atoms with van der Waals surface area (Å²) in [5, 5.41) is 6.44. The number of carbonyl (C=O) groups excluding carboxylic acids is 1. The first-order valence-corrected chi connectivity index (χ1v) is 8.57. The highest BCUT2D eigenvalue weighted by molar-refractivity contribution is 7.12. The molecule has 0 saturated carbocycles. The number of thiazole rings is 1. The molecule has 0 fully saturated rings. The molecule has 0 saturated heterocycles. The third-order valence-corrected chi connectivity index (χ3v) is 5.08. The van der Waals surface area contributed by atoms with Crippen molar-refractivity contribution in [2.24, 2.45) is 0 Å². The number of hydrogen-bond acceptors (Lipinski definition) is 5. The Hall–Kier alpha value is -1.96. The van der Waals surface area contributed by atoms with Gasteiger partial charge in [-0.1, -0.05) is 23.2 Å². The number of carbonyl (C=O) groups is 1. The topological polar surface area (TPSA) is 69.8 Å². The fourth-order valence-electron chi connectivity index (χ4n) is 2.44. The van der Waals surface area contributed by atoms with Crippen LogP contribution in [-0.4, -0.2) is 25.1 Å². The summed E-state index contributed by atoms with van der Waals surface area (Å²) >= 11 is 13.0. The summed E-state index contributed by atoms with van der Waals surface area (Å²) < 4.78 is 2.91. The third kappa shape index (κ3) is 2.90. The van der Waals surface area contributed by atoms with Crippen LogP contribution in [0.1, 0.15) is 21.7 Å². The van der Waals surface area contributed by atoms with E-state index >= 15 is 0 Å². The van der Waals surface area contributed by atoms with Crippen molar-refractivity contribution in [3.8, 4) is 5.13 Å². The molecule has 0 aliphatic carbocycles. The normalized spacial score (nSPS) is 11.0. The second kappa shape index (κ2) is 6.51. The fourth-order valence-corrected chi connectivity index (χ4v) is 3.47. The second-order valence-corrected chi connectivity index (χ2v) is 6.79. The number of Topliss-reactive ketones (excluding diaryl/α,β-unsaturated/α-hetero) is 1. The lowest BCUT2D eigenvalue weighted by atomic mass is 10.1. The molecule has 0 atom stereocenters. The molecule has 9 heteroatoms. The van der Waals surface area contributed by atoms with Gasteiger partial charge in [0.05, 0.1) is 11.2 Å². The number of hydrogen-bond donors (Lipinski definition) is 0. The molecule has 0 unspecified atom stereocenters. The van der Waals surface area contributed by atoms with E-state index in [1.165, 1.54) is 17.5 Å². The van der Waals surface area contributed by atoms with Gasteiger partial charge in [-0.05, 0) is 19.9 Å². The van der Waals surface area contributed by atoms with Crippen molar-refractivity contribution in [3.63, 3.8) is 0 Å². The molecular weight excluding hydrogens is 371 g/mol. The van der Waals surface area contributed by atoms with Gasteiger partial charge in [0.25, 0.3) is 5.56 Å². The number of ketones is 1. The minimum absolute atomic E-state index is 0.0623. The van der Waals surface area contributed by atoms with Crippen LogP contribution >= 0.6 is 34.5 Å². The number of aryl methyl sites for hydroxylation is 1. The molecule has 3 aromatic rings. The van der Waals surface area contributed by atoms with Crippen LogP contribution in [0.15, 0.2) is 28.6 Å². The van der Waals surface area contributed by atoms with Gasteiger partial charge in [-0.15, -0.1) is 11.3 Å². The Morgan fingerprint density at radius 1 is 1.33 bits per heavy atom. The summed E-state index contributed by atoms with van der Waals surface area (Å²) in [4.78, 5) is 28.9. The first-order valence-electron chi connectivity index (χ1n) is 6.93. The highest BCUT2D eigenvalue weighted by Gasteiger charge is 2.19. The van der Waals surface area contributed by atoms with Gasteiger partial charge >= 0.3 is 0 Å². The minimum atomic E-state index is -0.591. The molecule has 3 heterocycles. The first-order chi connectivity index (χ1) is 11.4. The van der Waals surface area contributed by atoms with Gasteiger partial charge in [-0.3, -0.25) is 14.2 Å². The van der Waals surface area contributed by atoms with Gasteiger partial charge in [0, 0.05) is 28.5 Å². The van der Waals surface area contributed by atoms with E-state index in [4.69, 9.17) is 23.2 Å². The molecule has 124 valence electrons. The van der Waals surface area contributed by atoms with Gasteiger partial charge in [0.15, 0.2) is 10.9 Å². The van der Waals surface area contributed by atoms with E-state index in [1.54, 1.807) is 12.3 Å². The molecule has 0 aliphatic rings. The molecule has 0 amide bonds. The number of nitrogens with zero attached hydrogens (tertiary/aromatic N) is 4. The summed E-state index contributed by atoms with van der Waals surface area (Å²) in [6.45, 7) is 3.53. The molecule has 3 aromatic heterocycles. The van der Waals surface area contributed by atoms with Crippen LogP contribution in [0.2, 0.25) is 10.0 Å². The highest BCUT2D eigenvalue weighted by Crippen LogP contribution is 2.23. The molecular formula is C15H12Cl2N4O2S. The maximum Gasteiger partial charge on any atom is 0.287 e. The lowest BCUT2D eigenvalue weighted by Gasteiger charge is -2.07. The molecule has 0 aliphatic heterocycles. The third-order valence-electron chi connectivity index (χ3n) is 3.58. The maximum absolute atomic E-state index is 12.6. The molecule has 3 rings (SSSR count). The van der Waals surface area contributed by atoms with Gasteiger partial charge < -0.3 is 0 Å². The van der Waals surface area contributed by atoms with Gasteiger partial charge in [-0.25, -0.2) is 9.67 Å². The van der Waals surface area contributed by atoms with Crippen molar-refractivity contribution < 1.29 is 4.79 Å². The molecule has 0 aromatic carbocycles. The summed E-state index contributed by atoms with van der Waals surface area (Å²) in [7, 11) is 0. The summed E-state index contributed by atoms with van der Waals surface area (Å²) in [6, 6.07) is 1.78. The zero-order valence-electron chi connectivity index (χ0n) is 12.8. The van der Waals surface area contributed by atoms with Crippen LogP contribution in [0.5, 0.6) is 0 Å². The molecule has 0 spiro atoms. The van der Waals surface area contributed by atoms with E-state index < -0.39 is 5.56 Å². The van der Waals surface area contributed by atoms with Crippen LogP contribution in [0.3, 0.4) is 0 Å². The average molecular weight is 383 g/mol. The van der Waals surface area contributed by atoms with E-state index in [0.717, 1.165) is 21.2 Å². The second-order valence-electron chi connectivity index (χ2n) is 5.13. The van der Waals surface area contributed by atoms with Crippen molar-refractivity contribution in [1.29, 1.82) is 0 Å². The van der Waals surface area contributed by atoms with E-state index in [-0.39, 0.29) is 22.4 Å². The fraction of sp³-hybridized carbons (Fsp3) is 0.200. The van der Waals surface area contributed by atoms with Crippen molar-refractivity contribution in [2.75, 3.05) is 0 Å². The Bertz CT molecular complexity index is 976. The zero-order chi connectivity index (χ0) is 17.4. The quantitative estimate of drug-likeness (QED) is 0.649. The first kappa shape index (κ1) is 16.9. The standard InChI is InChI=1S/C15H12Cl2N4O2S/c1-8-5-10(9(2)21(8)15-18-3-4-24-15)12(22)7-20-14(23)13(17)11(16)6-19-20/h3-6H,7H2,1-2H3. The summed E-state index contributed by atoms with van der Waals surface area (Å²) in [5.41, 5.74) is 1.58. The zero-order valence-corrected chi connectivity index (χ0v) is 15.1. The van der Waals surface area contributed by atoms with Gasteiger partial charge in [-0.2, -0.15) is 5.10 Å². The lowest BCUT2D eigenvalue weighted by Crippen LogP contribution is -2.27. The van der Waals surface area contributed by atoms with Gasteiger partial charge in [0.2, 0.25) is 0 Å². The molecule has 0 N–H and O–H groups in total. The Kier molecular flexibility index (Phi) is 4.58. The van der Waals surface area contributed by atoms with Crippen LogP contribution in [0, 0.1) is 13.8 Å². The van der Waals surface area contributed by atoms with Crippen molar-refractivity contribution in [1.82, 2.24) is 19.3 Å². The van der Waals surface area contributed by atoms with Crippen LogP contribution in [0.25, 0.3) is 5.13 Å². The average Bonchev–Trinajstić information content (AvgIpc) is 3.16. The number of aromatic nitrogens is 4. The molecule has 24 heavy (non-hydrogen) atoms. The summed E-state index contributed by atoms with van der Waals surface area (Å²) in [6.07, 6.45) is 2.96. The van der Waals surface area contributed by atoms with Crippen LogP contribution in [-0.2, 0) is 6.54 Å². The molecule has 0 radical (unpaired) electrons. The molecule has 0 bridgehead atoms. The number of rotatable bonds is 4. The van der Waals surface area contributed by atoms with Crippen molar-refractivity contribution >= 4 is 40.3 Å². The van der Waals surface area contributed by atoms with E-state index in [9.17, 15) is 9.59 Å². The Balaban J connectivity index is 1.96. The largest absolute Gasteiger partial charge is 0.294 e. The smallest absolute Gasteiger partial charge is 0.287 e. The Morgan fingerprint density at radius 2 is 2.08 bits per heavy atom. The van der Waals surface area contributed by atoms with Crippen LogP contribution < -0.4 is 5.56 Å². The maximum atomic E-state index is 12.6. The van der Waals surface area contributed by atoms with E-state index in [0.29, 0.717) is 5.56 Å². The predicted octanol–water partition coefficient (Wildman–Crippen LogP) is 3.30. The summed E-state index contributed by atoms with van der Waals surface area (Å²) in [5.74, 6) is -0.237. The van der Waals surface area contributed by atoms with Crippen molar-refractivity contribution in [3.05, 3.63) is 61.2 Å².